The van der Waals surface area contributed by atoms with Crippen LogP contribution >= 0.6 is 11.6 Å². The van der Waals surface area contributed by atoms with E-state index in [1.54, 1.807) is 5.32 Å². The van der Waals surface area contributed by atoms with Crippen molar-refractivity contribution in [2.45, 2.75) is 37.8 Å². The molecule has 35 heavy (non-hydrogen) atoms. The van der Waals surface area contributed by atoms with Crippen LogP contribution in [0.15, 0.2) is 36.4 Å². The van der Waals surface area contributed by atoms with Gasteiger partial charge in [0.15, 0.2) is 0 Å². The van der Waals surface area contributed by atoms with Crippen molar-refractivity contribution in [3.63, 3.8) is 0 Å². The fourth-order valence-electron chi connectivity index (χ4n) is 3.83. The van der Waals surface area contributed by atoms with E-state index < -0.39 is 58.7 Å². The molecule has 0 fully saturated rings. The maximum absolute atomic E-state index is 14.1. The number of carboxylic acid groups (broad SMARTS) is 1. The summed E-state index contributed by atoms with van der Waals surface area (Å²) in [6, 6.07) is 7.53. The summed E-state index contributed by atoms with van der Waals surface area (Å²) < 4.78 is 73.1. The van der Waals surface area contributed by atoms with Gasteiger partial charge in [0.1, 0.15) is 23.4 Å². The first-order chi connectivity index (χ1) is 16.4. The summed E-state index contributed by atoms with van der Waals surface area (Å²) in [6.45, 7) is -2.88. The van der Waals surface area contributed by atoms with Crippen molar-refractivity contribution in [2.75, 3.05) is 17.4 Å². The van der Waals surface area contributed by atoms with E-state index in [0.717, 1.165) is 4.31 Å². The second-order valence-electron chi connectivity index (χ2n) is 8.20. The number of nitrogens with two attached hydrogens (primary N) is 1. The Kier molecular flexibility index (Phi) is 8.52. The van der Waals surface area contributed by atoms with Crippen LogP contribution in [0, 0.1) is 11.7 Å². The number of carbonyl (C=O) groups is 1. The Morgan fingerprint density at radius 3 is 2.66 bits per heavy atom. The summed E-state index contributed by atoms with van der Waals surface area (Å²) in [6.07, 6.45) is 0.0498. The summed E-state index contributed by atoms with van der Waals surface area (Å²) >= 11 is 6.02. The predicted octanol–water partition coefficient (Wildman–Crippen LogP) is 2.98. The molecule has 8 nitrogen and oxygen atoms in total. The highest BCUT2D eigenvalue weighted by Crippen LogP contribution is 2.36. The van der Waals surface area contributed by atoms with Crippen LogP contribution in [0.4, 0.5) is 18.9 Å². The van der Waals surface area contributed by atoms with Gasteiger partial charge < -0.3 is 15.6 Å². The number of nitrogens with one attached hydrogen (secondary N) is 1. The van der Waals surface area contributed by atoms with Crippen LogP contribution in [-0.2, 0) is 27.8 Å². The molecule has 13 heteroatoms. The molecule has 3 atom stereocenters. The molecule has 0 bridgehead atoms. The van der Waals surface area contributed by atoms with Gasteiger partial charge in [0.05, 0.1) is 16.6 Å². The van der Waals surface area contributed by atoms with E-state index in [9.17, 15) is 31.5 Å². The molecule has 3 rings (SSSR count). The second kappa shape index (κ2) is 11.0. The number of anilines is 1. The largest absolute Gasteiger partial charge is 0.489 e. The summed E-state index contributed by atoms with van der Waals surface area (Å²) in [5, 5.41) is 10.0. The Morgan fingerprint density at radius 2 is 2.06 bits per heavy atom. The molecule has 0 spiro atoms. The average Bonchev–Trinajstić information content (AvgIpc) is 2.77. The molecule has 0 radical (unpaired) electrons. The Labute approximate surface area is 205 Å². The smallest absolute Gasteiger partial charge is 0.308 e. The van der Waals surface area contributed by atoms with Crippen molar-refractivity contribution in [1.29, 1.82) is 0 Å². The van der Waals surface area contributed by atoms with Gasteiger partial charge >= 0.3 is 5.97 Å². The van der Waals surface area contributed by atoms with Crippen LogP contribution in [-0.4, -0.2) is 50.4 Å². The lowest BCUT2D eigenvalue weighted by molar-refractivity contribution is -0.141. The van der Waals surface area contributed by atoms with Gasteiger partial charge in [-0.3, -0.25) is 14.4 Å². The number of carboxylic acids is 1. The fourth-order valence-corrected chi connectivity index (χ4v) is 6.06. The Hall–Kier alpha value is -2.54. The van der Waals surface area contributed by atoms with Gasteiger partial charge in [-0.1, -0.05) is 23.7 Å². The molecule has 1 heterocycles. The zero-order valence-corrected chi connectivity index (χ0v) is 20.2. The van der Waals surface area contributed by atoms with E-state index in [-0.39, 0.29) is 35.1 Å². The number of fused-ring (bicyclic) bond motifs is 1. The first-order valence-corrected chi connectivity index (χ1v) is 12.5. The zero-order valence-electron chi connectivity index (χ0n) is 18.6. The van der Waals surface area contributed by atoms with Gasteiger partial charge in [0, 0.05) is 30.8 Å². The van der Waals surface area contributed by atoms with Crippen LogP contribution < -0.4 is 20.1 Å². The lowest BCUT2D eigenvalue weighted by Gasteiger charge is -2.37. The number of aliphatic carboxylic acids is 1. The van der Waals surface area contributed by atoms with E-state index in [0.29, 0.717) is 5.56 Å². The molecule has 2 aromatic rings. The molecule has 0 aromatic heterocycles. The maximum atomic E-state index is 14.1. The van der Waals surface area contributed by atoms with Crippen molar-refractivity contribution in [1.82, 2.24) is 5.32 Å². The molecule has 0 saturated heterocycles. The van der Waals surface area contributed by atoms with Crippen LogP contribution in [0.3, 0.4) is 0 Å². The van der Waals surface area contributed by atoms with E-state index >= 15 is 0 Å². The van der Waals surface area contributed by atoms with Crippen molar-refractivity contribution in [3.05, 3.63) is 58.4 Å². The highest BCUT2D eigenvalue weighted by Gasteiger charge is 2.41. The Bertz CT molecular complexity index is 1160. The molecule has 1 aliphatic heterocycles. The molecule has 4 N–H and O–H groups in total. The number of sulfonamides is 1. The molecule has 1 aliphatic rings. The van der Waals surface area contributed by atoms with Crippen LogP contribution in [0.1, 0.15) is 18.1 Å². The maximum Gasteiger partial charge on any atom is 0.308 e. The highest BCUT2D eigenvalue weighted by atomic mass is 35.5. The SMILES string of the molecule is CC(N)C(CNC(F)F)S(=O)(=O)N1CC(C(=O)O)Cc2ccc(OCc3c(F)cccc3Cl)cc21. The Morgan fingerprint density at radius 1 is 1.34 bits per heavy atom. The summed E-state index contributed by atoms with van der Waals surface area (Å²) in [5.74, 6) is -2.65. The van der Waals surface area contributed by atoms with Gasteiger partial charge in [-0.05, 0) is 37.1 Å². The number of hydrogen-bond acceptors (Lipinski definition) is 6. The van der Waals surface area contributed by atoms with Gasteiger partial charge in [-0.2, -0.15) is 8.78 Å². The summed E-state index contributed by atoms with van der Waals surface area (Å²) in [4.78, 5) is 11.7. The van der Waals surface area contributed by atoms with Crippen molar-refractivity contribution in [3.8, 4) is 5.75 Å². The van der Waals surface area contributed by atoms with Crippen LogP contribution in [0.5, 0.6) is 5.75 Å². The normalized spacial score (nSPS) is 17.7. The standard InChI is InChI=1S/C22H25ClF3N3O5S/c1-12(27)20(9-28-22(25)26)35(32,33)29-10-14(21(30)31)7-13-5-6-15(8-19(13)29)34-11-16-17(23)3-2-4-18(16)24/h2-6,8,12,14,20,22,28H,7,9-11,27H2,1H3,(H,30,31). The van der Waals surface area contributed by atoms with Gasteiger partial charge in [0.25, 0.3) is 6.55 Å². The van der Waals surface area contributed by atoms with Crippen molar-refractivity contribution >= 4 is 33.3 Å². The lowest BCUT2D eigenvalue weighted by Crippen LogP contribution is -2.54. The molecular weight excluding hydrogens is 511 g/mol. The van der Waals surface area contributed by atoms with Crippen molar-refractivity contribution < 1.29 is 36.2 Å². The average molecular weight is 536 g/mol. The van der Waals surface area contributed by atoms with E-state index in [2.05, 4.69) is 0 Å². The lowest BCUT2D eigenvalue weighted by atomic mass is 9.94. The third kappa shape index (κ3) is 6.18. The van der Waals surface area contributed by atoms with Gasteiger partial charge in [-0.15, -0.1) is 0 Å². The van der Waals surface area contributed by atoms with Crippen molar-refractivity contribution in [2.24, 2.45) is 11.7 Å². The minimum Gasteiger partial charge on any atom is -0.489 e. The summed E-state index contributed by atoms with van der Waals surface area (Å²) in [7, 11) is -4.38. The molecule has 0 amide bonds. The number of rotatable bonds is 10. The highest BCUT2D eigenvalue weighted by molar-refractivity contribution is 7.93. The fraction of sp³-hybridized carbons (Fsp3) is 0.409. The van der Waals surface area contributed by atoms with E-state index in [4.69, 9.17) is 22.1 Å². The number of nitrogens with zero attached hydrogens (tertiary/aromatic N) is 1. The minimum atomic E-state index is -4.38. The van der Waals surface area contributed by atoms with Gasteiger partial charge in [-0.25, -0.2) is 12.8 Å². The number of benzene rings is 2. The number of ether oxygens (including phenoxy) is 1. The molecule has 192 valence electrons. The molecule has 0 aliphatic carbocycles. The predicted molar refractivity (Wildman–Crippen MR) is 125 cm³/mol. The van der Waals surface area contributed by atoms with Crippen LogP contribution in [0.25, 0.3) is 0 Å². The number of hydrogen-bond donors (Lipinski definition) is 3. The Balaban J connectivity index is 1.97. The first kappa shape index (κ1) is 27.1. The molecule has 3 unspecified atom stereocenters. The van der Waals surface area contributed by atoms with Gasteiger partial charge in [0.2, 0.25) is 10.0 Å². The first-order valence-electron chi connectivity index (χ1n) is 10.6. The third-order valence-electron chi connectivity index (χ3n) is 5.72. The van der Waals surface area contributed by atoms with E-state index in [1.807, 2.05) is 0 Å². The van der Waals surface area contributed by atoms with E-state index in [1.165, 1.54) is 43.3 Å². The third-order valence-corrected chi connectivity index (χ3v) is 8.40. The minimum absolute atomic E-state index is 0.0498. The summed E-state index contributed by atoms with van der Waals surface area (Å²) in [5.41, 5.74) is 6.48. The van der Waals surface area contributed by atoms with Crippen LogP contribution in [0.2, 0.25) is 5.02 Å². The number of alkyl halides is 2. The zero-order chi connectivity index (χ0) is 25.9. The molecule has 2 aromatic carbocycles. The monoisotopic (exact) mass is 535 g/mol. The molecule has 0 saturated carbocycles. The molecular formula is C22H25ClF3N3O5S. The quantitative estimate of drug-likeness (QED) is 0.400. The second-order valence-corrected chi connectivity index (χ2v) is 10.7. The topological polar surface area (TPSA) is 122 Å². The number of halogens is 4.